The van der Waals surface area contributed by atoms with Gasteiger partial charge in [0.05, 0.1) is 11.8 Å². The number of hydrogen-bond donors (Lipinski definition) is 0. The van der Waals surface area contributed by atoms with Crippen molar-refractivity contribution in [2.24, 2.45) is 0 Å². The van der Waals surface area contributed by atoms with Crippen molar-refractivity contribution in [3.8, 4) is 0 Å². The van der Waals surface area contributed by atoms with Gasteiger partial charge in [-0.1, -0.05) is 84.9 Å². The minimum absolute atomic E-state index is 0.0289. The van der Waals surface area contributed by atoms with Crippen LogP contribution in [0.2, 0.25) is 0 Å². The van der Waals surface area contributed by atoms with Gasteiger partial charge in [-0.25, -0.2) is 0 Å². The van der Waals surface area contributed by atoms with Crippen molar-refractivity contribution in [1.82, 2.24) is 0 Å². The summed E-state index contributed by atoms with van der Waals surface area (Å²) in [6.07, 6.45) is 4.27. The number of carbonyl (C=O) groups is 1. The van der Waals surface area contributed by atoms with Gasteiger partial charge >= 0.3 is 0 Å². The van der Waals surface area contributed by atoms with E-state index in [9.17, 15) is 4.79 Å². The molecule has 0 spiro atoms. The number of thioether (sulfide) groups is 1. The molecule has 7 rings (SSSR count). The third-order valence-corrected chi connectivity index (χ3v) is 8.24. The van der Waals surface area contributed by atoms with E-state index in [1.165, 1.54) is 43.8 Å². The van der Waals surface area contributed by atoms with E-state index in [0.29, 0.717) is 16.3 Å². The SMILES string of the molecule is O=C(C1C=Cc2cccc3cccc1c23)C1c2cccc3cccc(c23)C2SC21. The summed E-state index contributed by atoms with van der Waals surface area (Å²) in [7, 11) is 0. The van der Waals surface area contributed by atoms with Gasteiger partial charge in [0.15, 0.2) is 5.78 Å². The molecule has 1 fully saturated rings. The molecule has 0 aromatic heterocycles. The highest BCUT2D eigenvalue weighted by atomic mass is 32.2. The minimum Gasteiger partial charge on any atom is -0.298 e. The Labute approximate surface area is 173 Å². The van der Waals surface area contributed by atoms with Gasteiger partial charge in [0.2, 0.25) is 0 Å². The van der Waals surface area contributed by atoms with E-state index in [-0.39, 0.29) is 11.8 Å². The van der Waals surface area contributed by atoms with Gasteiger partial charge in [0.1, 0.15) is 0 Å². The van der Waals surface area contributed by atoms with Gasteiger partial charge in [-0.15, -0.1) is 11.8 Å². The molecular formula is C27H18OS. The van der Waals surface area contributed by atoms with E-state index in [1.807, 2.05) is 11.8 Å². The highest BCUT2D eigenvalue weighted by Gasteiger charge is 2.53. The Balaban J connectivity index is 1.41. The number of allylic oxidation sites excluding steroid dienone is 1. The zero-order valence-electron chi connectivity index (χ0n) is 15.7. The third-order valence-electron chi connectivity index (χ3n) is 6.85. The Bertz CT molecular complexity index is 1370. The molecule has 0 N–H and O–H groups in total. The molecule has 4 aromatic rings. The zero-order chi connectivity index (χ0) is 19.1. The molecule has 0 saturated carbocycles. The van der Waals surface area contributed by atoms with Gasteiger partial charge in [-0.3, -0.25) is 4.79 Å². The van der Waals surface area contributed by atoms with E-state index in [0.717, 1.165) is 0 Å². The maximum absolute atomic E-state index is 14.0. The van der Waals surface area contributed by atoms with Crippen molar-refractivity contribution in [3.63, 3.8) is 0 Å². The fourth-order valence-electron chi connectivity index (χ4n) is 5.56. The highest BCUT2D eigenvalue weighted by Crippen LogP contribution is 2.66. The molecule has 3 aliphatic rings. The van der Waals surface area contributed by atoms with Crippen LogP contribution in [0.25, 0.3) is 27.6 Å². The first kappa shape index (κ1) is 16.0. The predicted octanol–water partition coefficient (Wildman–Crippen LogP) is 6.63. The summed E-state index contributed by atoms with van der Waals surface area (Å²) in [5.41, 5.74) is 5.04. The molecule has 1 nitrogen and oxygen atoms in total. The van der Waals surface area contributed by atoms with Crippen LogP contribution in [-0.4, -0.2) is 11.0 Å². The molecule has 1 saturated heterocycles. The predicted molar refractivity (Wildman–Crippen MR) is 122 cm³/mol. The van der Waals surface area contributed by atoms with Crippen LogP contribution in [-0.2, 0) is 4.79 Å². The minimum atomic E-state index is -0.166. The number of ketones is 1. The maximum Gasteiger partial charge on any atom is 0.152 e. The first-order chi connectivity index (χ1) is 14.3. The summed E-state index contributed by atoms with van der Waals surface area (Å²) >= 11 is 1.96. The monoisotopic (exact) mass is 390 g/mol. The Morgan fingerprint density at radius 3 is 2.17 bits per heavy atom. The van der Waals surface area contributed by atoms with E-state index >= 15 is 0 Å². The Kier molecular flexibility index (Phi) is 3.10. The molecule has 0 radical (unpaired) electrons. The van der Waals surface area contributed by atoms with Crippen LogP contribution < -0.4 is 0 Å². The average molecular weight is 391 g/mol. The van der Waals surface area contributed by atoms with Crippen LogP contribution in [0.15, 0.2) is 78.9 Å². The van der Waals surface area contributed by atoms with E-state index in [1.54, 1.807) is 0 Å². The van der Waals surface area contributed by atoms with Crippen molar-refractivity contribution >= 4 is 45.2 Å². The molecule has 2 aliphatic carbocycles. The van der Waals surface area contributed by atoms with Crippen LogP contribution in [0.4, 0.5) is 0 Å². The summed E-state index contributed by atoms with van der Waals surface area (Å²) in [5, 5.41) is 5.89. The third kappa shape index (κ3) is 2.10. The van der Waals surface area contributed by atoms with Gasteiger partial charge in [0.25, 0.3) is 0 Å². The quantitative estimate of drug-likeness (QED) is 0.358. The van der Waals surface area contributed by atoms with Gasteiger partial charge in [-0.05, 0) is 43.8 Å². The molecule has 1 aliphatic heterocycles. The largest absolute Gasteiger partial charge is 0.298 e. The van der Waals surface area contributed by atoms with Crippen molar-refractivity contribution in [3.05, 3.63) is 101 Å². The van der Waals surface area contributed by atoms with E-state index < -0.39 is 0 Å². The van der Waals surface area contributed by atoms with Crippen molar-refractivity contribution in [2.45, 2.75) is 22.3 Å². The van der Waals surface area contributed by atoms with Crippen molar-refractivity contribution in [2.75, 3.05) is 0 Å². The first-order valence-electron chi connectivity index (χ1n) is 10.2. The average Bonchev–Trinajstić information content (AvgIpc) is 3.55. The lowest BCUT2D eigenvalue weighted by atomic mass is 9.73. The van der Waals surface area contributed by atoms with Crippen molar-refractivity contribution in [1.29, 1.82) is 0 Å². The summed E-state index contributed by atoms with van der Waals surface area (Å²) in [5.74, 6) is 0.157. The molecule has 2 heteroatoms. The lowest BCUT2D eigenvalue weighted by Gasteiger charge is -2.28. The topological polar surface area (TPSA) is 17.1 Å². The fraction of sp³-hybridized carbons (Fsp3) is 0.148. The number of carbonyl (C=O) groups excluding carboxylic acids is 1. The molecule has 4 aromatic carbocycles. The molecule has 0 amide bonds. The smallest absolute Gasteiger partial charge is 0.152 e. The molecule has 4 atom stereocenters. The Morgan fingerprint density at radius 1 is 0.724 bits per heavy atom. The summed E-state index contributed by atoms with van der Waals surface area (Å²) in [6, 6.07) is 25.8. The lowest BCUT2D eigenvalue weighted by Crippen LogP contribution is -2.26. The Morgan fingerprint density at radius 2 is 1.38 bits per heavy atom. The number of Topliss-reactive ketones (excluding diaryl/α,β-unsaturated/α-hetero) is 1. The Hall–Kier alpha value is -2.84. The van der Waals surface area contributed by atoms with Crippen LogP contribution in [0.1, 0.15) is 39.3 Å². The molecule has 1 heterocycles. The van der Waals surface area contributed by atoms with Crippen LogP contribution in [0.5, 0.6) is 0 Å². The van der Waals surface area contributed by atoms with Crippen LogP contribution >= 0.6 is 11.8 Å². The van der Waals surface area contributed by atoms with Crippen LogP contribution in [0, 0.1) is 0 Å². The molecule has 0 bridgehead atoms. The molecule has 29 heavy (non-hydrogen) atoms. The van der Waals surface area contributed by atoms with E-state index in [2.05, 4.69) is 84.9 Å². The first-order valence-corrected chi connectivity index (χ1v) is 11.2. The zero-order valence-corrected chi connectivity index (χ0v) is 16.5. The number of fused-ring (bicyclic) bond motifs is 2. The normalized spacial score (nSPS) is 25.8. The molecule has 4 unspecified atom stereocenters. The second-order valence-electron chi connectivity index (χ2n) is 8.32. The number of hydrogen-bond acceptors (Lipinski definition) is 2. The standard InChI is InChI=1S/C27H18OS/c28-25(19-14-13-17-6-1-5-15-7-2-10-18(19)22(15)17)24-20-11-3-8-16-9-4-12-21(23(16)20)26-27(24)29-26/h1-14,19,24,26-27H. The van der Waals surface area contributed by atoms with Crippen LogP contribution in [0.3, 0.4) is 0 Å². The maximum atomic E-state index is 14.0. The number of benzene rings is 4. The lowest BCUT2D eigenvalue weighted by molar-refractivity contribution is -0.120. The summed E-state index contributed by atoms with van der Waals surface area (Å²) in [4.78, 5) is 14.0. The second-order valence-corrected chi connectivity index (χ2v) is 9.65. The summed E-state index contributed by atoms with van der Waals surface area (Å²) < 4.78 is 0. The van der Waals surface area contributed by atoms with Gasteiger partial charge in [0, 0.05) is 10.5 Å². The highest BCUT2D eigenvalue weighted by molar-refractivity contribution is 8.07. The molecular weight excluding hydrogens is 372 g/mol. The van der Waals surface area contributed by atoms with Gasteiger partial charge in [-0.2, -0.15) is 0 Å². The van der Waals surface area contributed by atoms with Gasteiger partial charge < -0.3 is 0 Å². The summed E-state index contributed by atoms with van der Waals surface area (Å²) in [6.45, 7) is 0. The number of rotatable bonds is 2. The second kappa shape index (κ2) is 5.61. The fourth-order valence-corrected chi connectivity index (χ4v) is 6.89. The van der Waals surface area contributed by atoms with E-state index in [4.69, 9.17) is 0 Å². The molecule has 138 valence electrons. The van der Waals surface area contributed by atoms with Crippen molar-refractivity contribution < 1.29 is 4.79 Å².